The van der Waals surface area contributed by atoms with Gasteiger partial charge in [0.15, 0.2) is 11.4 Å². The Bertz CT molecular complexity index is 1400. The van der Waals surface area contributed by atoms with Crippen LogP contribution in [0.4, 0.5) is 10.3 Å². The lowest BCUT2D eigenvalue weighted by Gasteiger charge is -2.06. The number of aromatic carboxylic acids is 1. The molecule has 0 spiro atoms. The lowest BCUT2D eigenvalue weighted by Crippen LogP contribution is -2.28. The molecule has 0 bridgehead atoms. The van der Waals surface area contributed by atoms with Crippen molar-refractivity contribution in [2.45, 2.75) is 0 Å². The quantitative estimate of drug-likeness (QED) is 0.405. The summed E-state index contributed by atoms with van der Waals surface area (Å²) in [4.78, 5) is 32.8. The van der Waals surface area contributed by atoms with Gasteiger partial charge in [-0.25, -0.2) is 14.8 Å². The van der Waals surface area contributed by atoms with Gasteiger partial charge in [0, 0.05) is 21.9 Å². The minimum atomic E-state index is -1.14. The van der Waals surface area contributed by atoms with Crippen molar-refractivity contribution in [2.24, 2.45) is 10.2 Å². The van der Waals surface area contributed by atoms with E-state index in [9.17, 15) is 9.59 Å². The second-order valence-corrected chi connectivity index (χ2v) is 8.42. The van der Waals surface area contributed by atoms with Gasteiger partial charge in [-0.05, 0) is 0 Å². The second-order valence-electron chi connectivity index (χ2n) is 6.73. The van der Waals surface area contributed by atoms with Crippen molar-refractivity contribution in [1.82, 2.24) is 9.97 Å². The number of benzene rings is 2. The average molecular weight is 475 g/mol. The Labute approximate surface area is 195 Å². The predicted octanol–water partition coefficient (Wildman–Crippen LogP) is 4.18. The predicted molar refractivity (Wildman–Crippen MR) is 128 cm³/mol. The molecule has 33 heavy (non-hydrogen) atoms. The van der Waals surface area contributed by atoms with E-state index in [2.05, 4.69) is 25.6 Å². The molecule has 2 aromatic carbocycles. The number of hydrogen-bond donors (Lipinski definition) is 2. The summed E-state index contributed by atoms with van der Waals surface area (Å²) in [5, 5.41) is 22.9. The van der Waals surface area contributed by atoms with Crippen molar-refractivity contribution in [1.29, 1.82) is 0 Å². The van der Waals surface area contributed by atoms with Crippen LogP contribution in [0.3, 0.4) is 0 Å². The first-order valence-corrected chi connectivity index (χ1v) is 11.4. The number of thiazole rings is 2. The Balaban J connectivity index is 1.49. The molecule has 0 unspecified atom stereocenters. The molecule has 9 nitrogen and oxygen atoms in total. The van der Waals surface area contributed by atoms with Crippen LogP contribution in [0, 0.1) is 0 Å². The molecule has 1 amide bonds. The summed E-state index contributed by atoms with van der Waals surface area (Å²) in [5.41, 5.74) is 5.42. The van der Waals surface area contributed by atoms with Crippen LogP contribution < -0.4 is 10.4 Å². The molecule has 2 N–H and O–H groups in total. The van der Waals surface area contributed by atoms with Crippen LogP contribution in [0.2, 0.25) is 0 Å². The van der Waals surface area contributed by atoms with Crippen molar-refractivity contribution < 1.29 is 14.7 Å². The minimum absolute atomic E-state index is 0.0738. The molecule has 3 heterocycles. The number of nitrogens with one attached hydrogen (secondary N) is 1. The zero-order valence-corrected chi connectivity index (χ0v) is 18.4. The number of aromatic nitrogens is 2. The topological polar surface area (TPSA) is 120 Å². The number of hydrogen-bond acceptors (Lipinski definition) is 9. The van der Waals surface area contributed by atoms with Gasteiger partial charge >= 0.3 is 11.9 Å². The van der Waals surface area contributed by atoms with Gasteiger partial charge in [0.25, 0.3) is 0 Å². The third kappa shape index (κ3) is 4.14. The normalized spacial score (nSPS) is 14.5. The van der Waals surface area contributed by atoms with Crippen LogP contribution in [0.5, 0.6) is 0 Å². The number of amides is 1. The van der Waals surface area contributed by atoms with Crippen LogP contribution in [0.25, 0.3) is 11.3 Å². The van der Waals surface area contributed by atoms with E-state index in [1.165, 1.54) is 21.7 Å². The van der Waals surface area contributed by atoms with Gasteiger partial charge in [0.2, 0.25) is 10.3 Å². The Hall–Kier alpha value is -4.22. The maximum Gasteiger partial charge on any atom is 0.355 e. The molecule has 0 saturated carbocycles. The highest BCUT2D eigenvalue weighted by molar-refractivity contribution is 7.14. The van der Waals surface area contributed by atoms with Crippen LogP contribution >= 0.6 is 22.7 Å². The molecule has 0 radical (unpaired) electrons. The van der Waals surface area contributed by atoms with Crippen LogP contribution in [0.1, 0.15) is 16.1 Å². The number of carbonyl (C=O) groups excluding carboxylic acids is 1. The number of rotatable bonds is 6. The van der Waals surface area contributed by atoms with Gasteiger partial charge in [0.05, 0.1) is 5.69 Å². The van der Waals surface area contributed by atoms with E-state index in [4.69, 9.17) is 5.11 Å². The summed E-state index contributed by atoms with van der Waals surface area (Å²) in [6.07, 6.45) is 0. The monoisotopic (exact) mass is 474 g/mol. The fourth-order valence-electron chi connectivity index (χ4n) is 3.05. The van der Waals surface area contributed by atoms with Crippen molar-refractivity contribution in [3.05, 3.63) is 82.7 Å². The summed E-state index contributed by atoms with van der Waals surface area (Å²) in [6, 6.07) is 18.9. The third-order valence-electron chi connectivity index (χ3n) is 4.60. The first-order chi connectivity index (χ1) is 16.1. The number of hydrazone groups is 2. The SMILES string of the molecule is O=C(O)c1csc(N/N=C2\C(=O)N(c3nc(-c4ccccc4)cs3)N=C2c2ccccc2)n1. The van der Waals surface area contributed by atoms with E-state index in [-0.39, 0.29) is 16.5 Å². The van der Waals surface area contributed by atoms with Crippen molar-refractivity contribution in [2.75, 3.05) is 10.4 Å². The molecule has 1 aliphatic heterocycles. The molecule has 0 saturated heterocycles. The Morgan fingerprint density at radius 2 is 1.64 bits per heavy atom. The fraction of sp³-hybridized carbons (Fsp3) is 0. The zero-order chi connectivity index (χ0) is 22.8. The molecule has 2 aromatic heterocycles. The molecule has 4 aromatic rings. The average Bonchev–Trinajstić information content (AvgIpc) is 3.58. The van der Waals surface area contributed by atoms with E-state index >= 15 is 0 Å². The Morgan fingerprint density at radius 3 is 2.30 bits per heavy atom. The van der Waals surface area contributed by atoms with E-state index in [0.29, 0.717) is 16.4 Å². The highest BCUT2D eigenvalue weighted by Gasteiger charge is 2.35. The summed E-state index contributed by atoms with van der Waals surface area (Å²) < 4.78 is 0. The van der Waals surface area contributed by atoms with Gasteiger partial charge in [-0.3, -0.25) is 10.2 Å². The number of nitrogens with zero attached hydrogens (tertiary/aromatic N) is 5. The number of carboxylic acid groups (broad SMARTS) is 1. The zero-order valence-electron chi connectivity index (χ0n) is 16.7. The van der Waals surface area contributed by atoms with Crippen molar-refractivity contribution >= 4 is 56.2 Å². The number of carbonyl (C=O) groups is 2. The van der Waals surface area contributed by atoms with Crippen LogP contribution in [0.15, 0.2) is 81.6 Å². The van der Waals surface area contributed by atoms with E-state index in [0.717, 1.165) is 22.6 Å². The standard InChI is InChI=1S/C22H14N6O3S2/c29-19-18(25-26-21-23-16(12-32-21)20(30)31)17(14-9-5-2-6-10-14)27-28(19)22-24-15(11-33-22)13-7-3-1-4-8-13/h1-12H,(H,23,26)(H,30,31)/b25-18-. The molecular weight excluding hydrogens is 460 g/mol. The van der Waals surface area contributed by atoms with Gasteiger partial charge in [-0.15, -0.1) is 22.7 Å². The summed E-state index contributed by atoms with van der Waals surface area (Å²) in [5.74, 6) is -1.59. The second kappa shape index (κ2) is 8.73. The molecule has 0 aliphatic carbocycles. The first-order valence-electron chi connectivity index (χ1n) is 9.62. The summed E-state index contributed by atoms with van der Waals surface area (Å²) >= 11 is 2.37. The maximum atomic E-state index is 13.3. The van der Waals surface area contributed by atoms with Gasteiger partial charge < -0.3 is 5.11 Å². The van der Waals surface area contributed by atoms with Crippen LogP contribution in [-0.2, 0) is 4.79 Å². The molecule has 0 fully saturated rings. The van der Waals surface area contributed by atoms with E-state index in [1.54, 1.807) is 0 Å². The number of carboxylic acids is 1. The Morgan fingerprint density at radius 1 is 0.939 bits per heavy atom. The summed E-state index contributed by atoms with van der Waals surface area (Å²) in [7, 11) is 0. The highest BCUT2D eigenvalue weighted by atomic mass is 32.1. The fourth-order valence-corrected chi connectivity index (χ4v) is 4.45. The number of anilines is 2. The molecule has 11 heteroatoms. The molecule has 162 valence electrons. The molecule has 5 rings (SSSR count). The van der Waals surface area contributed by atoms with Gasteiger partial charge in [-0.1, -0.05) is 60.7 Å². The summed E-state index contributed by atoms with van der Waals surface area (Å²) in [6.45, 7) is 0. The Kier molecular flexibility index (Phi) is 5.47. The first kappa shape index (κ1) is 20.7. The third-order valence-corrected chi connectivity index (χ3v) is 6.16. The largest absolute Gasteiger partial charge is 0.476 e. The maximum absolute atomic E-state index is 13.3. The van der Waals surface area contributed by atoms with Crippen molar-refractivity contribution in [3.63, 3.8) is 0 Å². The van der Waals surface area contributed by atoms with Crippen LogP contribution in [-0.4, -0.2) is 38.4 Å². The molecule has 0 atom stereocenters. The smallest absolute Gasteiger partial charge is 0.355 e. The van der Waals surface area contributed by atoms with Crippen molar-refractivity contribution in [3.8, 4) is 11.3 Å². The van der Waals surface area contributed by atoms with Gasteiger partial charge in [0.1, 0.15) is 5.71 Å². The van der Waals surface area contributed by atoms with E-state index in [1.807, 2.05) is 66.0 Å². The van der Waals surface area contributed by atoms with E-state index < -0.39 is 11.9 Å². The minimum Gasteiger partial charge on any atom is -0.476 e. The van der Waals surface area contributed by atoms with Gasteiger partial charge in [-0.2, -0.15) is 15.2 Å². The molecular formula is C22H14N6O3S2. The highest BCUT2D eigenvalue weighted by Crippen LogP contribution is 2.30. The molecule has 1 aliphatic rings. The lowest BCUT2D eigenvalue weighted by molar-refractivity contribution is -0.112. The lowest BCUT2D eigenvalue weighted by atomic mass is 10.1.